The number of hydrogen-bond donors (Lipinski definition) is 2. The molecule has 0 aromatic heterocycles. The van der Waals surface area contributed by atoms with Crippen molar-refractivity contribution >= 4 is 17.5 Å². The highest BCUT2D eigenvalue weighted by molar-refractivity contribution is 6.30. The summed E-state index contributed by atoms with van der Waals surface area (Å²) in [7, 11) is 0. The zero-order valence-electron chi connectivity index (χ0n) is 13.2. The fourth-order valence-corrected chi connectivity index (χ4v) is 1.90. The molecule has 2 atom stereocenters. The predicted octanol–water partition coefficient (Wildman–Crippen LogP) is 3.47. The van der Waals surface area contributed by atoms with Crippen molar-refractivity contribution in [3.05, 3.63) is 28.8 Å². The molecule has 21 heavy (non-hydrogen) atoms. The minimum atomic E-state index is -0.721. The third kappa shape index (κ3) is 5.21. The van der Waals surface area contributed by atoms with Crippen molar-refractivity contribution < 1.29 is 14.6 Å². The zero-order chi connectivity index (χ0) is 16.2. The largest absolute Gasteiger partial charge is 0.481 e. The Labute approximate surface area is 131 Å². The molecule has 0 saturated carbocycles. The summed E-state index contributed by atoms with van der Waals surface area (Å²) < 4.78 is 5.68. The van der Waals surface area contributed by atoms with Gasteiger partial charge in [0.1, 0.15) is 5.75 Å². The highest BCUT2D eigenvalue weighted by atomic mass is 35.5. The Balaban J connectivity index is 2.84. The molecule has 0 aliphatic rings. The van der Waals surface area contributed by atoms with Crippen molar-refractivity contribution in [2.45, 2.75) is 58.8 Å². The van der Waals surface area contributed by atoms with Gasteiger partial charge in [0.05, 0.1) is 6.10 Å². The molecule has 0 aliphatic carbocycles. The summed E-state index contributed by atoms with van der Waals surface area (Å²) in [6.07, 6.45) is -0.554. The molecule has 0 bridgehead atoms. The number of halogens is 1. The molecule has 1 aromatic carbocycles. The van der Waals surface area contributed by atoms with Crippen LogP contribution in [0.3, 0.4) is 0 Å². The summed E-state index contributed by atoms with van der Waals surface area (Å²) in [4.78, 5) is 12.1. The van der Waals surface area contributed by atoms with Crippen molar-refractivity contribution in [3.63, 3.8) is 0 Å². The second-order valence-electron chi connectivity index (χ2n) is 5.84. The number of amides is 1. The summed E-state index contributed by atoms with van der Waals surface area (Å²) in [5.74, 6) is 0.277. The second-order valence-corrected chi connectivity index (χ2v) is 6.28. The number of carbonyl (C=O) groups excluding carboxylic acids is 1. The highest BCUT2D eigenvalue weighted by Crippen LogP contribution is 2.29. The number of nitrogens with one attached hydrogen (secondary N) is 1. The van der Waals surface area contributed by atoms with Crippen LogP contribution in [0.2, 0.25) is 5.02 Å². The lowest BCUT2D eigenvalue weighted by atomic mass is 10.0. The third-order valence-electron chi connectivity index (χ3n) is 3.44. The van der Waals surface area contributed by atoms with Crippen LogP contribution in [0, 0.1) is 0 Å². The number of carbonyl (C=O) groups is 1. The standard InChI is InChI=1S/C16H24ClNO3/c1-6-16(4,5)18-15(20)11(3)21-14-8-7-12(17)9-13(14)10(2)19/h7-11,19H,6H2,1-5H3,(H,18,20)/t10-,11?/m1/s1. The summed E-state index contributed by atoms with van der Waals surface area (Å²) in [6.45, 7) is 9.24. The van der Waals surface area contributed by atoms with Crippen molar-refractivity contribution in [2.75, 3.05) is 0 Å². The van der Waals surface area contributed by atoms with Crippen molar-refractivity contribution in [2.24, 2.45) is 0 Å². The van der Waals surface area contributed by atoms with Crippen LogP contribution in [0.4, 0.5) is 0 Å². The Hall–Kier alpha value is -1.26. The van der Waals surface area contributed by atoms with E-state index in [1.807, 2.05) is 20.8 Å². The number of rotatable bonds is 6. The quantitative estimate of drug-likeness (QED) is 0.845. The Bertz CT molecular complexity index is 500. The molecule has 4 nitrogen and oxygen atoms in total. The van der Waals surface area contributed by atoms with E-state index in [2.05, 4.69) is 5.32 Å². The first-order valence-corrected chi connectivity index (χ1v) is 7.50. The zero-order valence-corrected chi connectivity index (χ0v) is 14.0. The number of hydrogen-bond acceptors (Lipinski definition) is 3. The van der Waals surface area contributed by atoms with Gasteiger partial charge in [-0.05, 0) is 52.3 Å². The summed E-state index contributed by atoms with van der Waals surface area (Å²) >= 11 is 5.92. The molecule has 0 aliphatic heterocycles. The van der Waals surface area contributed by atoms with E-state index in [1.54, 1.807) is 32.0 Å². The molecule has 0 heterocycles. The highest BCUT2D eigenvalue weighted by Gasteiger charge is 2.24. The van der Waals surface area contributed by atoms with Crippen LogP contribution in [0.1, 0.15) is 52.7 Å². The van der Waals surface area contributed by atoms with Gasteiger partial charge in [0.2, 0.25) is 0 Å². The Morgan fingerprint density at radius 1 is 1.43 bits per heavy atom. The van der Waals surface area contributed by atoms with Gasteiger partial charge < -0.3 is 15.2 Å². The molecule has 0 radical (unpaired) electrons. The van der Waals surface area contributed by atoms with Crippen LogP contribution in [-0.2, 0) is 4.79 Å². The number of aliphatic hydroxyl groups is 1. The fourth-order valence-electron chi connectivity index (χ4n) is 1.72. The van der Waals surface area contributed by atoms with Gasteiger partial charge in [-0.1, -0.05) is 18.5 Å². The van der Waals surface area contributed by atoms with Crippen LogP contribution in [-0.4, -0.2) is 22.7 Å². The lowest BCUT2D eigenvalue weighted by Gasteiger charge is -2.27. The molecule has 5 heteroatoms. The van der Waals surface area contributed by atoms with Gasteiger partial charge in [-0.3, -0.25) is 4.79 Å². The molecule has 0 spiro atoms. The molecule has 0 fully saturated rings. The Kier molecular flexibility index (Phi) is 6.05. The van der Waals surface area contributed by atoms with E-state index in [0.717, 1.165) is 6.42 Å². The van der Waals surface area contributed by atoms with Gasteiger partial charge in [-0.15, -0.1) is 0 Å². The first kappa shape index (κ1) is 17.8. The van der Waals surface area contributed by atoms with Crippen LogP contribution < -0.4 is 10.1 Å². The molecule has 1 aromatic rings. The van der Waals surface area contributed by atoms with E-state index in [-0.39, 0.29) is 11.4 Å². The third-order valence-corrected chi connectivity index (χ3v) is 3.68. The summed E-state index contributed by atoms with van der Waals surface area (Å²) in [5.41, 5.74) is 0.291. The van der Waals surface area contributed by atoms with E-state index in [1.165, 1.54) is 0 Å². The molecule has 2 N–H and O–H groups in total. The summed E-state index contributed by atoms with van der Waals surface area (Å²) in [5, 5.41) is 13.2. The molecule has 1 amide bonds. The van der Waals surface area contributed by atoms with Crippen LogP contribution in [0.15, 0.2) is 18.2 Å². The van der Waals surface area contributed by atoms with Crippen LogP contribution in [0.25, 0.3) is 0 Å². The molecular formula is C16H24ClNO3. The van der Waals surface area contributed by atoms with Gasteiger partial charge in [0, 0.05) is 16.1 Å². The topological polar surface area (TPSA) is 58.6 Å². The van der Waals surface area contributed by atoms with E-state index in [0.29, 0.717) is 16.3 Å². The van der Waals surface area contributed by atoms with Crippen molar-refractivity contribution in [3.8, 4) is 5.75 Å². The first-order valence-electron chi connectivity index (χ1n) is 7.12. The smallest absolute Gasteiger partial charge is 0.261 e. The lowest BCUT2D eigenvalue weighted by Crippen LogP contribution is -2.48. The molecule has 1 unspecified atom stereocenters. The van der Waals surface area contributed by atoms with E-state index in [4.69, 9.17) is 16.3 Å². The molecule has 1 rings (SSSR count). The number of benzene rings is 1. The van der Waals surface area contributed by atoms with Gasteiger partial charge in [-0.2, -0.15) is 0 Å². The number of ether oxygens (including phenoxy) is 1. The summed E-state index contributed by atoms with van der Waals surface area (Å²) in [6, 6.07) is 4.98. The van der Waals surface area contributed by atoms with Gasteiger partial charge in [-0.25, -0.2) is 0 Å². The SMILES string of the molecule is CCC(C)(C)NC(=O)C(C)Oc1ccc(Cl)cc1[C@@H](C)O. The van der Waals surface area contributed by atoms with Gasteiger partial charge in [0.15, 0.2) is 6.10 Å². The van der Waals surface area contributed by atoms with Gasteiger partial charge >= 0.3 is 0 Å². The monoisotopic (exact) mass is 313 g/mol. The van der Waals surface area contributed by atoms with E-state index >= 15 is 0 Å². The lowest BCUT2D eigenvalue weighted by molar-refractivity contribution is -0.129. The molecule has 118 valence electrons. The van der Waals surface area contributed by atoms with Crippen LogP contribution >= 0.6 is 11.6 Å². The van der Waals surface area contributed by atoms with E-state index < -0.39 is 12.2 Å². The van der Waals surface area contributed by atoms with Gasteiger partial charge in [0.25, 0.3) is 5.91 Å². The number of aliphatic hydroxyl groups excluding tert-OH is 1. The fraction of sp³-hybridized carbons (Fsp3) is 0.562. The van der Waals surface area contributed by atoms with Crippen molar-refractivity contribution in [1.29, 1.82) is 0 Å². The van der Waals surface area contributed by atoms with E-state index in [9.17, 15) is 9.90 Å². The average molecular weight is 314 g/mol. The van der Waals surface area contributed by atoms with Crippen molar-refractivity contribution in [1.82, 2.24) is 5.32 Å². The predicted molar refractivity (Wildman–Crippen MR) is 84.7 cm³/mol. The van der Waals surface area contributed by atoms with Crippen LogP contribution in [0.5, 0.6) is 5.75 Å². The normalized spacial score (nSPS) is 14.4. The Morgan fingerprint density at radius 2 is 2.05 bits per heavy atom. The minimum absolute atomic E-state index is 0.187. The maximum Gasteiger partial charge on any atom is 0.261 e. The first-order chi connectivity index (χ1) is 9.66. The minimum Gasteiger partial charge on any atom is -0.481 e. The maximum atomic E-state index is 12.1. The Morgan fingerprint density at radius 3 is 2.57 bits per heavy atom. The molecule has 0 saturated heterocycles. The molecular weight excluding hydrogens is 290 g/mol. The second kappa shape index (κ2) is 7.14. The average Bonchev–Trinajstić information content (AvgIpc) is 2.40. The maximum absolute atomic E-state index is 12.1.